The Hall–Kier alpha value is -2.01. The van der Waals surface area contributed by atoms with Crippen molar-refractivity contribution in [2.24, 2.45) is 5.73 Å². The number of benzene rings is 1. The quantitative estimate of drug-likeness (QED) is 0.566. The predicted molar refractivity (Wildman–Crippen MR) is 101 cm³/mol. The fourth-order valence-corrected chi connectivity index (χ4v) is 2.61. The number of carbonyl (C=O) groups is 1. The van der Waals surface area contributed by atoms with Crippen molar-refractivity contribution in [2.45, 2.75) is 65.5 Å². The Bertz CT molecular complexity index is 582. The summed E-state index contributed by atoms with van der Waals surface area (Å²) in [6.45, 7) is 8.24. The normalized spacial score (nSPS) is 13.0. The number of nitrogens with two attached hydrogens (primary N) is 1. The van der Waals surface area contributed by atoms with Crippen LogP contribution in [0.15, 0.2) is 30.1 Å². The van der Waals surface area contributed by atoms with Crippen LogP contribution in [-0.2, 0) is 16.1 Å². The van der Waals surface area contributed by atoms with Gasteiger partial charge in [0.2, 0.25) is 0 Å². The smallest absolute Gasteiger partial charge is 0.306 e. The van der Waals surface area contributed by atoms with Gasteiger partial charge in [0.15, 0.2) is 0 Å². The van der Waals surface area contributed by atoms with Crippen LogP contribution in [0, 0.1) is 6.92 Å². The first-order valence-electron chi connectivity index (χ1n) is 8.93. The zero-order valence-corrected chi connectivity index (χ0v) is 15.8. The van der Waals surface area contributed by atoms with E-state index in [4.69, 9.17) is 10.5 Å². The first kappa shape index (κ1) is 21.0. The van der Waals surface area contributed by atoms with Crippen molar-refractivity contribution in [1.82, 2.24) is 5.32 Å². The van der Waals surface area contributed by atoms with Crippen molar-refractivity contribution in [1.29, 1.82) is 0 Å². The lowest BCUT2D eigenvalue weighted by atomic mass is 9.88. The Labute approximate surface area is 151 Å². The molecular weight excluding hydrogens is 316 g/mol. The van der Waals surface area contributed by atoms with Crippen molar-refractivity contribution in [3.05, 3.63) is 46.8 Å². The van der Waals surface area contributed by atoms with Gasteiger partial charge in [0, 0.05) is 17.9 Å². The predicted octanol–water partition coefficient (Wildman–Crippen LogP) is 3.10. The minimum Gasteiger partial charge on any atom is -0.466 e. The molecule has 1 atom stereocenters. The third-order valence-electron chi connectivity index (χ3n) is 4.12. The fourth-order valence-electron chi connectivity index (χ4n) is 2.61. The van der Waals surface area contributed by atoms with Gasteiger partial charge >= 0.3 is 5.97 Å². The summed E-state index contributed by atoms with van der Waals surface area (Å²) in [6.07, 6.45) is 3.58. The molecule has 0 amide bonds. The van der Waals surface area contributed by atoms with Crippen molar-refractivity contribution < 1.29 is 14.6 Å². The van der Waals surface area contributed by atoms with Crippen molar-refractivity contribution >= 4 is 5.97 Å². The van der Waals surface area contributed by atoms with E-state index in [0.29, 0.717) is 25.5 Å². The number of hydrogen-bond acceptors (Lipinski definition) is 5. The maximum Gasteiger partial charge on any atom is 0.306 e. The molecule has 0 aliphatic carbocycles. The molecule has 1 unspecified atom stereocenters. The Morgan fingerprint density at radius 3 is 2.72 bits per heavy atom. The number of aryl methyl sites for hydroxylation is 1. The first-order valence-corrected chi connectivity index (χ1v) is 8.93. The van der Waals surface area contributed by atoms with E-state index in [0.717, 1.165) is 28.8 Å². The molecule has 0 fully saturated rings. The SMILES string of the molecule is CCOC(=O)CC(CC/C(N)=C/NC(C)C)c1ccc(C)c(CO)c1. The maximum atomic E-state index is 12.0. The fraction of sp³-hybridized carbons (Fsp3) is 0.550. The summed E-state index contributed by atoms with van der Waals surface area (Å²) < 4.78 is 5.11. The summed E-state index contributed by atoms with van der Waals surface area (Å²) in [5.41, 5.74) is 9.78. The van der Waals surface area contributed by atoms with E-state index in [2.05, 4.69) is 19.2 Å². The monoisotopic (exact) mass is 348 g/mol. The number of ether oxygens (including phenoxy) is 1. The number of hydrogen-bond donors (Lipinski definition) is 3. The molecule has 0 saturated carbocycles. The minimum atomic E-state index is -0.207. The van der Waals surface area contributed by atoms with Gasteiger partial charge in [0.05, 0.1) is 19.6 Å². The van der Waals surface area contributed by atoms with Crippen molar-refractivity contribution in [2.75, 3.05) is 6.61 Å². The lowest BCUT2D eigenvalue weighted by Crippen LogP contribution is -2.18. The number of nitrogens with one attached hydrogen (secondary N) is 1. The van der Waals surface area contributed by atoms with Gasteiger partial charge in [-0.3, -0.25) is 4.79 Å². The summed E-state index contributed by atoms with van der Waals surface area (Å²) in [6, 6.07) is 6.31. The Morgan fingerprint density at radius 1 is 1.40 bits per heavy atom. The molecule has 0 saturated heterocycles. The first-order chi connectivity index (χ1) is 11.9. The Balaban J connectivity index is 2.89. The topological polar surface area (TPSA) is 84.6 Å². The van der Waals surface area contributed by atoms with Crippen LogP contribution in [0.25, 0.3) is 0 Å². The Morgan fingerprint density at radius 2 is 2.12 bits per heavy atom. The number of esters is 1. The van der Waals surface area contributed by atoms with E-state index in [1.165, 1.54) is 0 Å². The molecule has 0 aliphatic heterocycles. The number of rotatable bonds is 10. The van der Waals surface area contributed by atoms with E-state index in [1.807, 2.05) is 31.3 Å². The standard InChI is InChI=1S/C20H32N2O3/c1-5-25-20(24)11-17(8-9-19(21)12-22-14(2)3)16-7-6-15(4)18(10-16)13-23/h6-7,10,12,14,17,22-23H,5,8-9,11,13,21H2,1-4H3/b19-12-. The molecule has 5 nitrogen and oxygen atoms in total. The molecule has 1 aromatic carbocycles. The summed E-state index contributed by atoms with van der Waals surface area (Å²) in [5, 5.41) is 12.7. The molecular formula is C20H32N2O3. The maximum absolute atomic E-state index is 12.0. The number of aliphatic hydroxyl groups is 1. The number of allylic oxidation sites excluding steroid dienone is 1. The van der Waals surface area contributed by atoms with Crippen molar-refractivity contribution in [3.63, 3.8) is 0 Å². The van der Waals surface area contributed by atoms with Gasteiger partial charge in [-0.05, 0) is 63.1 Å². The molecule has 4 N–H and O–H groups in total. The third kappa shape index (κ3) is 7.61. The second-order valence-corrected chi connectivity index (χ2v) is 6.63. The molecule has 0 aromatic heterocycles. The highest BCUT2D eigenvalue weighted by Crippen LogP contribution is 2.28. The molecule has 1 rings (SSSR count). The van der Waals surface area contributed by atoms with E-state index in [9.17, 15) is 9.90 Å². The lowest BCUT2D eigenvalue weighted by Gasteiger charge is -2.18. The van der Waals surface area contributed by atoms with Gasteiger partial charge in [-0.15, -0.1) is 0 Å². The Kier molecular flexibility index (Phi) is 9.06. The van der Waals surface area contributed by atoms with Gasteiger partial charge in [-0.25, -0.2) is 0 Å². The van der Waals surface area contributed by atoms with E-state index in [-0.39, 0.29) is 18.5 Å². The second kappa shape index (κ2) is 10.8. The average molecular weight is 348 g/mol. The number of carbonyl (C=O) groups excluding carboxylic acids is 1. The van der Waals surface area contributed by atoms with E-state index < -0.39 is 0 Å². The zero-order chi connectivity index (χ0) is 18.8. The summed E-state index contributed by atoms with van der Waals surface area (Å²) >= 11 is 0. The zero-order valence-electron chi connectivity index (χ0n) is 15.8. The molecule has 0 radical (unpaired) electrons. The summed E-state index contributed by atoms with van der Waals surface area (Å²) in [7, 11) is 0. The third-order valence-corrected chi connectivity index (χ3v) is 4.12. The molecule has 0 spiro atoms. The van der Waals surface area contributed by atoms with Crippen LogP contribution in [-0.4, -0.2) is 23.7 Å². The highest BCUT2D eigenvalue weighted by molar-refractivity contribution is 5.70. The van der Waals surface area contributed by atoms with Crippen LogP contribution in [0.5, 0.6) is 0 Å². The molecule has 0 heterocycles. The van der Waals surface area contributed by atoms with Gasteiger partial charge in [0.1, 0.15) is 0 Å². The minimum absolute atomic E-state index is 0.00779. The van der Waals surface area contributed by atoms with Crippen LogP contribution in [0.4, 0.5) is 0 Å². The highest BCUT2D eigenvalue weighted by atomic mass is 16.5. The average Bonchev–Trinajstić information content (AvgIpc) is 2.57. The summed E-state index contributed by atoms with van der Waals surface area (Å²) in [5.74, 6) is -0.197. The van der Waals surface area contributed by atoms with E-state index >= 15 is 0 Å². The largest absolute Gasteiger partial charge is 0.466 e. The van der Waals surface area contributed by atoms with Gasteiger partial charge in [0.25, 0.3) is 0 Å². The van der Waals surface area contributed by atoms with Crippen molar-refractivity contribution in [3.8, 4) is 0 Å². The molecule has 1 aromatic rings. The summed E-state index contributed by atoms with van der Waals surface area (Å²) in [4.78, 5) is 12.0. The highest BCUT2D eigenvalue weighted by Gasteiger charge is 2.18. The van der Waals surface area contributed by atoms with Crippen LogP contribution >= 0.6 is 0 Å². The molecule has 140 valence electrons. The van der Waals surface area contributed by atoms with Gasteiger partial charge < -0.3 is 20.9 Å². The van der Waals surface area contributed by atoms with Crippen LogP contribution in [0.2, 0.25) is 0 Å². The lowest BCUT2D eigenvalue weighted by molar-refractivity contribution is -0.143. The molecule has 0 bridgehead atoms. The van der Waals surface area contributed by atoms with Crippen LogP contribution in [0.1, 0.15) is 62.6 Å². The van der Waals surface area contributed by atoms with Crippen LogP contribution < -0.4 is 11.1 Å². The molecule has 25 heavy (non-hydrogen) atoms. The molecule has 5 heteroatoms. The van der Waals surface area contributed by atoms with Gasteiger partial charge in [-0.2, -0.15) is 0 Å². The molecule has 0 aliphatic rings. The van der Waals surface area contributed by atoms with E-state index in [1.54, 1.807) is 6.92 Å². The number of aliphatic hydroxyl groups excluding tert-OH is 1. The van der Waals surface area contributed by atoms with Crippen LogP contribution in [0.3, 0.4) is 0 Å². The van der Waals surface area contributed by atoms with Gasteiger partial charge in [-0.1, -0.05) is 18.2 Å². The second-order valence-electron chi connectivity index (χ2n) is 6.63.